The standard InChI is InChI=1S/C23H24Cl3N5O2S/c1-12(2)20(28-22(33)15-9-8-14(24)10-17(15)26)21-29-30-23(31(21)4)34-11-19(32)27-18-7-5-6-16(25)13(18)3/h5-10,12,20H,11H2,1-4H3,(H,27,32)(H,28,33)/t20-/m1/s1. The Labute approximate surface area is 217 Å². The molecule has 0 aliphatic carbocycles. The molecular formula is C23H24Cl3N5O2S. The van der Waals surface area contributed by atoms with Crippen LogP contribution in [0.25, 0.3) is 0 Å². The second kappa shape index (κ2) is 11.4. The number of thioether (sulfide) groups is 1. The Morgan fingerprint density at radius 2 is 1.82 bits per heavy atom. The molecule has 0 saturated carbocycles. The lowest BCUT2D eigenvalue weighted by Gasteiger charge is -2.22. The first-order valence-electron chi connectivity index (χ1n) is 10.4. The van der Waals surface area contributed by atoms with Crippen LogP contribution in [0.15, 0.2) is 41.6 Å². The molecule has 34 heavy (non-hydrogen) atoms. The fourth-order valence-electron chi connectivity index (χ4n) is 3.20. The highest BCUT2D eigenvalue weighted by molar-refractivity contribution is 7.99. The third kappa shape index (κ3) is 6.24. The lowest BCUT2D eigenvalue weighted by atomic mass is 10.0. The number of rotatable bonds is 8. The van der Waals surface area contributed by atoms with E-state index in [-0.39, 0.29) is 28.5 Å². The van der Waals surface area contributed by atoms with Crippen LogP contribution < -0.4 is 10.6 Å². The van der Waals surface area contributed by atoms with E-state index in [1.54, 1.807) is 41.9 Å². The number of nitrogens with one attached hydrogen (secondary N) is 2. The van der Waals surface area contributed by atoms with Gasteiger partial charge in [0.05, 0.1) is 22.4 Å². The van der Waals surface area contributed by atoms with Crippen LogP contribution in [-0.2, 0) is 11.8 Å². The third-order valence-electron chi connectivity index (χ3n) is 5.15. The number of halogens is 3. The third-order valence-corrected chi connectivity index (χ3v) is 7.13. The maximum absolute atomic E-state index is 12.9. The van der Waals surface area contributed by atoms with Crippen molar-refractivity contribution in [1.29, 1.82) is 0 Å². The molecule has 11 heteroatoms. The smallest absolute Gasteiger partial charge is 0.253 e. The fraction of sp³-hybridized carbons (Fsp3) is 0.304. The molecular weight excluding hydrogens is 517 g/mol. The summed E-state index contributed by atoms with van der Waals surface area (Å²) in [5.41, 5.74) is 1.79. The lowest BCUT2D eigenvalue weighted by Crippen LogP contribution is -2.33. The van der Waals surface area contributed by atoms with E-state index in [0.717, 1.165) is 5.56 Å². The normalized spacial score (nSPS) is 12.0. The molecule has 0 saturated heterocycles. The first kappa shape index (κ1) is 26.3. The van der Waals surface area contributed by atoms with Gasteiger partial charge in [0.15, 0.2) is 11.0 Å². The molecule has 1 heterocycles. The molecule has 0 spiro atoms. The van der Waals surface area contributed by atoms with Crippen LogP contribution in [-0.4, -0.2) is 32.3 Å². The molecule has 0 fully saturated rings. The van der Waals surface area contributed by atoms with Gasteiger partial charge in [-0.25, -0.2) is 0 Å². The highest BCUT2D eigenvalue weighted by atomic mass is 35.5. The average molecular weight is 541 g/mol. The van der Waals surface area contributed by atoms with E-state index < -0.39 is 6.04 Å². The predicted octanol–water partition coefficient (Wildman–Crippen LogP) is 5.94. The van der Waals surface area contributed by atoms with Crippen LogP contribution in [0.2, 0.25) is 15.1 Å². The lowest BCUT2D eigenvalue weighted by molar-refractivity contribution is -0.113. The van der Waals surface area contributed by atoms with Crippen molar-refractivity contribution in [3.8, 4) is 0 Å². The molecule has 0 aliphatic rings. The Morgan fingerprint density at radius 1 is 1.09 bits per heavy atom. The van der Waals surface area contributed by atoms with Crippen LogP contribution in [0.1, 0.15) is 41.6 Å². The number of carbonyl (C=O) groups is 2. The summed E-state index contributed by atoms with van der Waals surface area (Å²) in [6.45, 7) is 5.78. The Hall–Kier alpha value is -2.26. The zero-order valence-electron chi connectivity index (χ0n) is 19.0. The van der Waals surface area contributed by atoms with Gasteiger partial charge >= 0.3 is 0 Å². The van der Waals surface area contributed by atoms with Crippen molar-refractivity contribution in [2.24, 2.45) is 13.0 Å². The minimum Gasteiger partial charge on any atom is -0.342 e. The Bertz CT molecular complexity index is 1220. The van der Waals surface area contributed by atoms with Gasteiger partial charge in [0.1, 0.15) is 0 Å². The van der Waals surface area contributed by atoms with Gasteiger partial charge in [0, 0.05) is 22.8 Å². The fourth-order valence-corrected chi connectivity index (χ4v) is 4.59. The summed E-state index contributed by atoms with van der Waals surface area (Å²) in [7, 11) is 1.80. The van der Waals surface area contributed by atoms with Crippen molar-refractivity contribution < 1.29 is 9.59 Å². The van der Waals surface area contributed by atoms with Crippen LogP contribution in [0.5, 0.6) is 0 Å². The minimum atomic E-state index is -0.422. The Morgan fingerprint density at radius 3 is 2.50 bits per heavy atom. The molecule has 1 atom stereocenters. The number of aromatic nitrogens is 3. The number of amides is 2. The van der Waals surface area contributed by atoms with Crippen LogP contribution in [0.3, 0.4) is 0 Å². The zero-order valence-corrected chi connectivity index (χ0v) is 22.1. The molecule has 2 N–H and O–H groups in total. The maximum Gasteiger partial charge on any atom is 0.253 e. The second-order valence-corrected chi connectivity index (χ2v) is 10.2. The molecule has 0 bridgehead atoms. The summed E-state index contributed by atoms with van der Waals surface area (Å²) in [4.78, 5) is 25.3. The van der Waals surface area contributed by atoms with Gasteiger partial charge in [-0.1, -0.05) is 66.5 Å². The highest BCUT2D eigenvalue weighted by Gasteiger charge is 2.26. The van der Waals surface area contributed by atoms with Gasteiger partial charge in [-0.15, -0.1) is 10.2 Å². The van der Waals surface area contributed by atoms with Gasteiger partial charge in [0.25, 0.3) is 5.91 Å². The van der Waals surface area contributed by atoms with Gasteiger partial charge < -0.3 is 15.2 Å². The molecule has 2 aromatic carbocycles. The van der Waals surface area contributed by atoms with E-state index >= 15 is 0 Å². The molecule has 7 nitrogen and oxygen atoms in total. The second-order valence-electron chi connectivity index (χ2n) is 7.97. The molecule has 0 unspecified atom stereocenters. The first-order valence-corrected chi connectivity index (χ1v) is 12.5. The average Bonchev–Trinajstić information content (AvgIpc) is 3.13. The number of benzene rings is 2. The quantitative estimate of drug-likeness (QED) is 0.345. The van der Waals surface area contributed by atoms with E-state index in [4.69, 9.17) is 34.8 Å². The largest absolute Gasteiger partial charge is 0.342 e. The summed E-state index contributed by atoms with van der Waals surface area (Å²) in [6, 6.07) is 9.64. The van der Waals surface area contributed by atoms with Gasteiger partial charge in [-0.2, -0.15) is 0 Å². The van der Waals surface area contributed by atoms with Crippen molar-refractivity contribution in [2.45, 2.75) is 32.0 Å². The van der Waals surface area contributed by atoms with Crippen LogP contribution >= 0.6 is 46.6 Å². The van der Waals surface area contributed by atoms with Crippen molar-refractivity contribution in [1.82, 2.24) is 20.1 Å². The Kier molecular flexibility index (Phi) is 8.87. The first-order chi connectivity index (χ1) is 16.1. The van der Waals surface area contributed by atoms with E-state index in [2.05, 4.69) is 20.8 Å². The van der Waals surface area contributed by atoms with Crippen molar-refractivity contribution in [3.05, 3.63) is 68.4 Å². The van der Waals surface area contributed by atoms with E-state index in [1.807, 2.05) is 20.8 Å². The summed E-state index contributed by atoms with van der Waals surface area (Å²) >= 11 is 19.5. The summed E-state index contributed by atoms with van der Waals surface area (Å²) in [6.07, 6.45) is 0. The molecule has 2 amide bonds. The number of nitrogens with zero attached hydrogens (tertiary/aromatic N) is 3. The van der Waals surface area contributed by atoms with Gasteiger partial charge in [0.2, 0.25) is 5.91 Å². The SMILES string of the molecule is Cc1c(Cl)cccc1NC(=O)CSc1nnc([C@H](NC(=O)c2ccc(Cl)cc2Cl)C(C)C)n1C. The van der Waals surface area contributed by atoms with E-state index in [0.29, 0.717) is 32.3 Å². The van der Waals surface area contributed by atoms with Gasteiger partial charge in [-0.05, 0) is 48.7 Å². The summed E-state index contributed by atoms with van der Waals surface area (Å²) < 4.78 is 1.77. The van der Waals surface area contributed by atoms with E-state index in [9.17, 15) is 9.59 Å². The number of hydrogen-bond acceptors (Lipinski definition) is 5. The zero-order chi connectivity index (χ0) is 25.0. The van der Waals surface area contributed by atoms with Crippen molar-refractivity contribution >= 4 is 64.1 Å². The van der Waals surface area contributed by atoms with Crippen molar-refractivity contribution in [2.75, 3.05) is 11.1 Å². The summed E-state index contributed by atoms with van der Waals surface area (Å²) in [5.74, 6) is 0.198. The molecule has 3 rings (SSSR count). The minimum absolute atomic E-state index is 0.0184. The molecule has 0 radical (unpaired) electrons. The van der Waals surface area contributed by atoms with Crippen LogP contribution in [0.4, 0.5) is 5.69 Å². The van der Waals surface area contributed by atoms with Gasteiger partial charge in [-0.3, -0.25) is 9.59 Å². The predicted molar refractivity (Wildman–Crippen MR) is 138 cm³/mol. The topological polar surface area (TPSA) is 88.9 Å². The Balaban J connectivity index is 1.69. The molecule has 3 aromatic rings. The summed E-state index contributed by atoms with van der Waals surface area (Å²) in [5, 5.41) is 16.2. The molecule has 1 aromatic heterocycles. The maximum atomic E-state index is 12.9. The highest BCUT2D eigenvalue weighted by Crippen LogP contribution is 2.27. The monoisotopic (exact) mass is 539 g/mol. The van der Waals surface area contributed by atoms with Crippen molar-refractivity contribution in [3.63, 3.8) is 0 Å². The number of hydrogen-bond donors (Lipinski definition) is 2. The number of carbonyl (C=O) groups excluding carboxylic acids is 2. The van der Waals surface area contributed by atoms with Crippen LogP contribution in [0, 0.1) is 12.8 Å². The molecule has 0 aliphatic heterocycles. The van der Waals surface area contributed by atoms with E-state index in [1.165, 1.54) is 17.8 Å². The molecule has 180 valence electrons. The number of anilines is 1.